The summed E-state index contributed by atoms with van der Waals surface area (Å²) in [5.41, 5.74) is 1.29. The fraction of sp³-hybridized carbons (Fsp3) is 0.333. The lowest BCUT2D eigenvalue weighted by atomic mass is 10.1. The minimum Gasteiger partial charge on any atom is -0.348 e. The third-order valence-corrected chi connectivity index (χ3v) is 2.91. The number of rotatable bonds is 5. The molecule has 0 aliphatic heterocycles. The van der Waals surface area contributed by atoms with Gasteiger partial charge in [-0.2, -0.15) is 13.2 Å². The Morgan fingerprint density at radius 3 is 2.45 bits per heavy atom. The van der Waals surface area contributed by atoms with Gasteiger partial charge in [0.05, 0.1) is 0 Å². The van der Waals surface area contributed by atoms with Crippen molar-refractivity contribution in [2.75, 3.05) is 5.32 Å². The number of para-hydroxylation sites is 1. The third-order valence-electron chi connectivity index (χ3n) is 2.91. The summed E-state index contributed by atoms with van der Waals surface area (Å²) in [7, 11) is 0. The normalized spacial score (nSPS) is 12.0. The number of nitrogens with one attached hydrogen (secondary N) is 2. The highest BCUT2D eigenvalue weighted by Crippen LogP contribution is 2.20. The number of hydrogen-bond acceptors (Lipinski definition) is 2. The molecule has 0 saturated heterocycles. The van der Waals surface area contributed by atoms with E-state index in [4.69, 9.17) is 0 Å². The first-order valence-electron chi connectivity index (χ1n) is 6.65. The summed E-state index contributed by atoms with van der Waals surface area (Å²) < 4.78 is 36.8. The standard InChI is InChI=1S/C15H17F3N2O2/c1-3-10(2)8-13(21)19-9-11-6-4-5-7-12(11)20-14(22)15(16,17)18/h4-8H,3,9H2,1-2H3,(H,19,21)(H,20,22)/b10-8+. The van der Waals surface area contributed by atoms with Crippen LogP contribution in [-0.2, 0) is 16.1 Å². The molecule has 120 valence electrons. The lowest BCUT2D eigenvalue weighted by Gasteiger charge is -2.12. The minimum atomic E-state index is -4.96. The van der Waals surface area contributed by atoms with Crippen LogP contribution >= 0.6 is 0 Å². The Labute approximate surface area is 126 Å². The molecule has 1 rings (SSSR count). The van der Waals surface area contributed by atoms with Crippen LogP contribution in [0.4, 0.5) is 18.9 Å². The van der Waals surface area contributed by atoms with Crippen LogP contribution in [0.3, 0.4) is 0 Å². The van der Waals surface area contributed by atoms with E-state index in [0.717, 1.165) is 12.0 Å². The zero-order valence-corrected chi connectivity index (χ0v) is 12.3. The molecule has 7 heteroatoms. The van der Waals surface area contributed by atoms with Gasteiger partial charge in [-0.1, -0.05) is 30.7 Å². The Hall–Kier alpha value is -2.31. The first kappa shape index (κ1) is 17.7. The van der Waals surface area contributed by atoms with E-state index in [1.807, 2.05) is 6.92 Å². The van der Waals surface area contributed by atoms with E-state index < -0.39 is 12.1 Å². The fourth-order valence-corrected chi connectivity index (χ4v) is 1.55. The van der Waals surface area contributed by atoms with Crippen LogP contribution in [0.2, 0.25) is 0 Å². The van der Waals surface area contributed by atoms with E-state index in [1.165, 1.54) is 24.3 Å². The average Bonchev–Trinajstić information content (AvgIpc) is 2.45. The number of hydrogen-bond donors (Lipinski definition) is 2. The molecule has 0 fully saturated rings. The van der Waals surface area contributed by atoms with Crippen molar-refractivity contribution in [3.8, 4) is 0 Å². The van der Waals surface area contributed by atoms with Crippen molar-refractivity contribution < 1.29 is 22.8 Å². The highest BCUT2D eigenvalue weighted by atomic mass is 19.4. The van der Waals surface area contributed by atoms with Crippen LogP contribution in [0.1, 0.15) is 25.8 Å². The molecule has 2 N–H and O–H groups in total. The smallest absolute Gasteiger partial charge is 0.348 e. The molecule has 0 aliphatic carbocycles. The van der Waals surface area contributed by atoms with Crippen LogP contribution in [-0.4, -0.2) is 18.0 Å². The number of benzene rings is 1. The average molecular weight is 314 g/mol. The summed E-state index contributed by atoms with van der Waals surface area (Å²) in [5, 5.41) is 4.36. The van der Waals surface area contributed by atoms with Crippen LogP contribution in [0.25, 0.3) is 0 Å². The molecule has 0 bridgehead atoms. The topological polar surface area (TPSA) is 58.2 Å². The van der Waals surface area contributed by atoms with Gasteiger partial charge in [0, 0.05) is 18.3 Å². The molecule has 1 aromatic carbocycles. The highest BCUT2D eigenvalue weighted by Gasteiger charge is 2.38. The maximum Gasteiger partial charge on any atom is 0.471 e. The van der Waals surface area contributed by atoms with Gasteiger partial charge >= 0.3 is 12.1 Å². The molecule has 0 saturated carbocycles. The van der Waals surface area contributed by atoms with Crippen LogP contribution < -0.4 is 10.6 Å². The molecule has 4 nitrogen and oxygen atoms in total. The second-order valence-electron chi connectivity index (χ2n) is 4.67. The fourth-order valence-electron chi connectivity index (χ4n) is 1.55. The molecular weight excluding hydrogens is 297 g/mol. The number of alkyl halides is 3. The lowest BCUT2D eigenvalue weighted by Crippen LogP contribution is -2.30. The third kappa shape index (κ3) is 5.59. The zero-order chi connectivity index (χ0) is 16.8. The van der Waals surface area contributed by atoms with Crippen molar-refractivity contribution in [3.63, 3.8) is 0 Å². The van der Waals surface area contributed by atoms with Crippen LogP contribution in [0, 0.1) is 0 Å². The van der Waals surface area contributed by atoms with Gasteiger partial charge in [0.2, 0.25) is 5.91 Å². The molecule has 22 heavy (non-hydrogen) atoms. The summed E-state index contributed by atoms with van der Waals surface area (Å²) in [6, 6.07) is 5.98. The second kappa shape index (κ2) is 7.63. The molecule has 0 heterocycles. The summed E-state index contributed by atoms with van der Waals surface area (Å²) in [4.78, 5) is 22.6. The summed E-state index contributed by atoms with van der Waals surface area (Å²) in [5.74, 6) is -2.38. The van der Waals surface area contributed by atoms with Crippen molar-refractivity contribution in [2.24, 2.45) is 0 Å². The first-order valence-corrected chi connectivity index (χ1v) is 6.65. The van der Waals surface area contributed by atoms with E-state index in [0.29, 0.717) is 5.56 Å². The summed E-state index contributed by atoms with van der Waals surface area (Å²) >= 11 is 0. The van der Waals surface area contributed by atoms with Gasteiger partial charge in [-0.25, -0.2) is 0 Å². The maximum absolute atomic E-state index is 12.3. The van der Waals surface area contributed by atoms with Gasteiger partial charge in [0.15, 0.2) is 0 Å². The zero-order valence-electron chi connectivity index (χ0n) is 12.3. The highest BCUT2D eigenvalue weighted by molar-refractivity contribution is 5.95. The number of anilines is 1. The van der Waals surface area contributed by atoms with E-state index in [-0.39, 0.29) is 18.1 Å². The van der Waals surface area contributed by atoms with Crippen molar-refractivity contribution in [1.29, 1.82) is 0 Å². The van der Waals surface area contributed by atoms with Gasteiger partial charge in [-0.05, 0) is 25.0 Å². The molecule has 0 radical (unpaired) electrons. The van der Waals surface area contributed by atoms with Gasteiger partial charge < -0.3 is 10.6 Å². The van der Waals surface area contributed by atoms with E-state index in [9.17, 15) is 22.8 Å². The lowest BCUT2D eigenvalue weighted by molar-refractivity contribution is -0.167. The molecule has 0 spiro atoms. The van der Waals surface area contributed by atoms with E-state index in [2.05, 4.69) is 5.32 Å². The minimum absolute atomic E-state index is 0.0145. The molecule has 0 atom stereocenters. The molecular formula is C15H17F3N2O2. The van der Waals surface area contributed by atoms with Crippen molar-refractivity contribution in [2.45, 2.75) is 33.0 Å². The van der Waals surface area contributed by atoms with Gasteiger partial charge in [-0.15, -0.1) is 0 Å². The molecule has 0 aromatic heterocycles. The number of carbonyl (C=O) groups is 2. The van der Waals surface area contributed by atoms with Crippen LogP contribution in [0.5, 0.6) is 0 Å². The Morgan fingerprint density at radius 2 is 1.86 bits per heavy atom. The van der Waals surface area contributed by atoms with Crippen molar-refractivity contribution in [1.82, 2.24) is 5.32 Å². The predicted octanol–water partition coefficient (Wildman–Crippen LogP) is 3.16. The molecule has 0 unspecified atom stereocenters. The Balaban J connectivity index is 2.77. The largest absolute Gasteiger partial charge is 0.471 e. The Kier molecular flexibility index (Phi) is 6.15. The maximum atomic E-state index is 12.3. The van der Waals surface area contributed by atoms with Crippen LogP contribution in [0.15, 0.2) is 35.9 Å². The summed E-state index contributed by atoms with van der Waals surface area (Å²) in [6.07, 6.45) is -2.81. The number of amides is 2. The molecule has 0 aliphatic rings. The van der Waals surface area contributed by atoms with Gasteiger partial charge in [0.1, 0.15) is 0 Å². The van der Waals surface area contributed by atoms with Gasteiger partial charge in [0.25, 0.3) is 0 Å². The quantitative estimate of drug-likeness (QED) is 0.820. The second-order valence-corrected chi connectivity index (χ2v) is 4.67. The number of carbonyl (C=O) groups excluding carboxylic acids is 2. The first-order chi connectivity index (χ1) is 10.2. The Bertz CT molecular complexity index is 580. The number of allylic oxidation sites excluding steroid dienone is 1. The monoisotopic (exact) mass is 314 g/mol. The van der Waals surface area contributed by atoms with Crippen molar-refractivity contribution in [3.05, 3.63) is 41.5 Å². The molecule has 1 aromatic rings. The SMILES string of the molecule is CC/C(C)=C/C(=O)NCc1ccccc1NC(=O)C(F)(F)F. The van der Waals surface area contributed by atoms with E-state index >= 15 is 0 Å². The summed E-state index contributed by atoms with van der Waals surface area (Å²) in [6.45, 7) is 3.72. The number of halogens is 3. The molecule has 2 amide bonds. The van der Waals surface area contributed by atoms with E-state index in [1.54, 1.807) is 18.3 Å². The van der Waals surface area contributed by atoms with Crippen molar-refractivity contribution >= 4 is 17.5 Å². The predicted molar refractivity (Wildman–Crippen MR) is 77.0 cm³/mol. The van der Waals surface area contributed by atoms with Gasteiger partial charge in [-0.3, -0.25) is 9.59 Å². The Morgan fingerprint density at radius 1 is 1.23 bits per heavy atom.